The Bertz CT molecular complexity index is 1280. The molecule has 1 amide bonds. The average molecular weight is 482 g/mol. The lowest BCUT2D eigenvalue weighted by Gasteiger charge is -2.29. The van der Waals surface area contributed by atoms with Crippen molar-refractivity contribution in [1.29, 1.82) is 0 Å². The highest BCUT2D eigenvalue weighted by Crippen LogP contribution is 2.29. The number of aromatic nitrogens is 4. The lowest BCUT2D eigenvalue weighted by Crippen LogP contribution is -2.30. The standard InChI is InChI=1S/C24H31N7O4/c1-25-21-12-20(29-22-16(13-26-31(21)22)23(32)28-18-11-19(18)35-3)27-17-5-4-10-30(24(17)33)14-6-8-15(34-2)9-7-14/h4-5,10,12-15,18-19,25H,6-9,11H2,1-3H3,(H,27,29)(H,28,32)/t14-,15-,18?,19-/m0/s1. The normalized spacial score (nSPS) is 23.7. The average Bonchev–Trinajstić information content (AvgIpc) is 3.49. The summed E-state index contributed by atoms with van der Waals surface area (Å²) in [6, 6.07) is 5.50. The van der Waals surface area contributed by atoms with Crippen LogP contribution in [0.2, 0.25) is 0 Å². The van der Waals surface area contributed by atoms with Crippen LogP contribution in [-0.4, -0.2) is 64.6 Å². The molecule has 2 atom stereocenters. The predicted octanol–water partition coefficient (Wildman–Crippen LogP) is 2.32. The van der Waals surface area contributed by atoms with Crippen molar-refractivity contribution in [3.63, 3.8) is 0 Å². The molecule has 2 aliphatic carbocycles. The molecule has 0 aliphatic heterocycles. The van der Waals surface area contributed by atoms with Gasteiger partial charge in [-0.1, -0.05) is 0 Å². The van der Waals surface area contributed by atoms with Gasteiger partial charge in [0.25, 0.3) is 11.5 Å². The second-order valence-corrected chi connectivity index (χ2v) is 9.09. The van der Waals surface area contributed by atoms with Gasteiger partial charge in [0, 0.05) is 39.6 Å². The largest absolute Gasteiger partial charge is 0.381 e. The second kappa shape index (κ2) is 9.67. The Morgan fingerprint density at radius 1 is 1.17 bits per heavy atom. The van der Waals surface area contributed by atoms with E-state index in [9.17, 15) is 9.59 Å². The summed E-state index contributed by atoms with van der Waals surface area (Å²) >= 11 is 0. The fourth-order valence-electron chi connectivity index (χ4n) is 4.79. The molecule has 2 fully saturated rings. The number of methoxy groups -OCH3 is 2. The number of carbonyl (C=O) groups is 1. The number of carbonyl (C=O) groups excluding carboxylic acids is 1. The zero-order valence-corrected chi connectivity index (χ0v) is 20.2. The van der Waals surface area contributed by atoms with Crippen LogP contribution in [0.1, 0.15) is 48.5 Å². The Morgan fingerprint density at radius 2 is 1.97 bits per heavy atom. The molecule has 186 valence electrons. The van der Waals surface area contributed by atoms with Gasteiger partial charge < -0.3 is 30.0 Å². The Hall–Kier alpha value is -3.44. The molecule has 0 radical (unpaired) electrons. The van der Waals surface area contributed by atoms with Crippen molar-refractivity contribution in [3.8, 4) is 0 Å². The highest BCUT2D eigenvalue weighted by atomic mass is 16.5. The van der Waals surface area contributed by atoms with Crippen molar-refractivity contribution in [2.45, 2.75) is 56.4 Å². The molecule has 3 aromatic heterocycles. The van der Waals surface area contributed by atoms with Crippen molar-refractivity contribution in [3.05, 3.63) is 46.5 Å². The Kier molecular flexibility index (Phi) is 6.44. The summed E-state index contributed by atoms with van der Waals surface area (Å²) in [5, 5.41) is 13.5. The van der Waals surface area contributed by atoms with Gasteiger partial charge in [-0.2, -0.15) is 9.61 Å². The van der Waals surface area contributed by atoms with Crippen LogP contribution >= 0.6 is 0 Å². The maximum atomic E-state index is 13.3. The summed E-state index contributed by atoms with van der Waals surface area (Å²) in [7, 11) is 5.13. The quantitative estimate of drug-likeness (QED) is 0.448. The molecule has 3 aromatic rings. The van der Waals surface area contributed by atoms with E-state index < -0.39 is 0 Å². The van der Waals surface area contributed by atoms with Crippen molar-refractivity contribution in [2.24, 2.45) is 0 Å². The number of ether oxygens (including phenoxy) is 2. The van der Waals surface area contributed by atoms with E-state index in [1.807, 2.05) is 12.3 Å². The van der Waals surface area contributed by atoms with E-state index >= 15 is 0 Å². The van der Waals surface area contributed by atoms with Crippen LogP contribution < -0.4 is 21.5 Å². The fraction of sp³-hybridized carbons (Fsp3) is 0.500. The molecule has 11 heteroatoms. The topological polar surface area (TPSA) is 124 Å². The zero-order chi connectivity index (χ0) is 24.5. The zero-order valence-electron chi connectivity index (χ0n) is 20.2. The maximum Gasteiger partial charge on any atom is 0.274 e. The van der Waals surface area contributed by atoms with Crippen molar-refractivity contribution in [1.82, 2.24) is 24.5 Å². The third-order valence-electron chi connectivity index (χ3n) is 6.93. The number of amides is 1. The van der Waals surface area contributed by atoms with E-state index in [0.717, 1.165) is 32.1 Å². The van der Waals surface area contributed by atoms with Crippen molar-refractivity contribution in [2.75, 3.05) is 31.9 Å². The Balaban J connectivity index is 1.41. The lowest BCUT2D eigenvalue weighted by atomic mass is 9.92. The first-order valence-corrected chi connectivity index (χ1v) is 11.9. The number of fused-ring (bicyclic) bond motifs is 1. The fourth-order valence-corrected chi connectivity index (χ4v) is 4.79. The van der Waals surface area contributed by atoms with E-state index in [-0.39, 0.29) is 35.8 Å². The van der Waals surface area contributed by atoms with Gasteiger partial charge in [-0.05, 0) is 44.2 Å². The molecule has 11 nitrogen and oxygen atoms in total. The number of nitrogens with zero attached hydrogens (tertiary/aromatic N) is 4. The summed E-state index contributed by atoms with van der Waals surface area (Å²) < 4.78 is 14.1. The molecule has 2 aliphatic rings. The molecule has 2 saturated carbocycles. The van der Waals surface area contributed by atoms with Gasteiger partial charge in [0.2, 0.25) is 0 Å². The van der Waals surface area contributed by atoms with Crippen LogP contribution in [0.4, 0.5) is 17.3 Å². The molecule has 0 saturated heterocycles. The van der Waals surface area contributed by atoms with E-state index in [2.05, 4.69) is 26.0 Å². The van der Waals surface area contributed by atoms with Crippen LogP contribution in [-0.2, 0) is 9.47 Å². The summed E-state index contributed by atoms with van der Waals surface area (Å²) in [5.74, 6) is 0.812. The van der Waals surface area contributed by atoms with E-state index in [0.29, 0.717) is 28.5 Å². The first kappa shape index (κ1) is 23.3. The third kappa shape index (κ3) is 4.61. The second-order valence-electron chi connectivity index (χ2n) is 9.09. The number of hydrogen-bond donors (Lipinski definition) is 3. The van der Waals surface area contributed by atoms with Gasteiger partial charge in [-0.25, -0.2) is 4.98 Å². The van der Waals surface area contributed by atoms with Crippen LogP contribution in [0.5, 0.6) is 0 Å². The van der Waals surface area contributed by atoms with Gasteiger partial charge in [0.1, 0.15) is 22.9 Å². The lowest BCUT2D eigenvalue weighted by molar-refractivity contribution is 0.0580. The molecule has 0 bridgehead atoms. The Morgan fingerprint density at radius 3 is 2.66 bits per heavy atom. The van der Waals surface area contributed by atoms with Crippen LogP contribution in [0.15, 0.2) is 35.4 Å². The molecule has 3 heterocycles. The number of nitrogens with one attached hydrogen (secondary N) is 3. The number of hydrogen-bond acceptors (Lipinski definition) is 8. The smallest absolute Gasteiger partial charge is 0.274 e. The molecular formula is C24H31N7O4. The first-order valence-electron chi connectivity index (χ1n) is 11.9. The number of anilines is 3. The number of rotatable bonds is 8. The molecule has 3 N–H and O–H groups in total. The minimum Gasteiger partial charge on any atom is -0.381 e. The maximum absolute atomic E-state index is 13.3. The van der Waals surface area contributed by atoms with E-state index in [1.165, 1.54) is 6.20 Å². The van der Waals surface area contributed by atoms with Crippen LogP contribution in [0.3, 0.4) is 0 Å². The third-order valence-corrected chi connectivity index (χ3v) is 6.93. The van der Waals surface area contributed by atoms with Gasteiger partial charge >= 0.3 is 0 Å². The summed E-state index contributed by atoms with van der Waals surface area (Å²) in [4.78, 5) is 30.8. The van der Waals surface area contributed by atoms with Gasteiger partial charge in [-0.15, -0.1) is 0 Å². The molecule has 0 aromatic carbocycles. The molecule has 35 heavy (non-hydrogen) atoms. The first-order chi connectivity index (χ1) is 17.0. The number of pyridine rings is 1. The van der Waals surface area contributed by atoms with Gasteiger partial charge in [0.05, 0.1) is 24.4 Å². The molecule has 1 unspecified atom stereocenters. The molecule has 5 rings (SSSR count). The van der Waals surface area contributed by atoms with Gasteiger partial charge in [-0.3, -0.25) is 9.59 Å². The summed E-state index contributed by atoms with van der Waals surface area (Å²) in [5.41, 5.74) is 1.06. The molecular weight excluding hydrogens is 450 g/mol. The van der Waals surface area contributed by atoms with Crippen molar-refractivity contribution < 1.29 is 14.3 Å². The van der Waals surface area contributed by atoms with Crippen molar-refractivity contribution >= 4 is 28.9 Å². The predicted molar refractivity (Wildman–Crippen MR) is 131 cm³/mol. The van der Waals surface area contributed by atoms with E-state index in [4.69, 9.17) is 9.47 Å². The SMILES string of the molecule is CNc1cc(Nc2cccn([C@H]3CC[C@H](OC)CC3)c2=O)nc2c(C(=O)NC3C[C@@H]3OC)cnn12. The summed E-state index contributed by atoms with van der Waals surface area (Å²) in [6.07, 6.45) is 8.11. The van der Waals surface area contributed by atoms with Crippen LogP contribution in [0.25, 0.3) is 5.65 Å². The van der Waals surface area contributed by atoms with Crippen LogP contribution in [0, 0.1) is 0 Å². The monoisotopic (exact) mass is 481 g/mol. The van der Waals surface area contributed by atoms with E-state index in [1.54, 1.807) is 42.5 Å². The highest BCUT2D eigenvalue weighted by Gasteiger charge is 2.39. The Labute approximate surface area is 202 Å². The minimum atomic E-state index is -0.259. The van der Waals surface area contributed by atoms with Gasteiger partial charge in [0.15, 0.2) is 5.65 Å². The minimum absolute atomic E-state index is 0.00531. The summed E-state index contributed by atoms with van der Waals surface area (Å²) in [6.45, 7) is 0. The highest BCUT2D eigenvalue weighted by molar-refractivity contribution is 6.00. The molecule has 0 spiro atoms.